The van der Waals surface area contributed by atoms with E-state index in [0.717, 1.165) is 5.56 Å². The average Bonchev–Trinajstić information content (AvgIpc) is 2.30. The Hall–Kier alpha value is -1.89. The minimum atomic E-state index is 0.936. The smallest absolute Gasteiger partial charge is 0.0250 e. The fourth-order valence-electron chi connectivity index (χ4n) is 1.52. The third-order valence-corrected chi connectivity index (χ3v) is 2.46. The zero-order valence-corrected chi connectivity index (χ0v) is 8.70. The molecule has 0 saturated heterocycles. The Morgan fingerprint density at radius 2 is 1.27 bits per heavy atom. The van der Waals surface area contributed by atoms with Crippen molar-refractivity contribution in [3.05, 3.63) is 59.7 Å². The van der Waals surface area contributed by atoms with E-state index >= 15 is 0 Å². The lowest BCUT2D eigenvalue weighted by atomic mass is 10.0. The summed E-state index contributed by atoms with van der Waals surface area (Å²) in [5.74, 6) is 0. The van der Waals surface area contributed by atoms with E-state index in [0.29, 0.717) is 0 Å². The molecule has 0 aromatic heterocycles. The van der Waals surface area contributed by atoms with Gasteiger partial charge in [0.2, 0.25) is 0 Å². The van der Waals surface area contributed by atoms with E-state index in [1.807, 2.05) is 24.3 Å². The van der Waals surface area contributed by atoms with Crippen LogP contribution in [0.4, 0.5) is 0 Å². The zero-order valence-electron chi connectivity index (χ0n) is 8.70. The maximum atomic E-state index is 7.12. The highest BCUT2D eigenvalue weighted by atomic mass is 14.3. The van der Waals surface area contributed by atoms with Crippen molar-refractivity contribution in [1.29, 1.82) is 5.41 Å². The van der Waals surface area contributed by atoms with Gasteiger partial charge in [0.25, 0.3) is 0 Å². The molecule has 0 bridgehead atoms. The summed E-state index contributed by atoms with van der Waals surface area (Å²) in [6, 6.07) is 16.5. The molecule has 2 rings (SSSR count). The fourth-order valence-corrected chi connectivity index (χ4v) is 1.52. The van der Waals surface area contributed by atoms with Crippen molar-refractivity contribution in [3.8, 4) is 11.1 Å². The highest BCUT2D eigenvalue weighted by molar-refractivity contribution is 5.78. The van der Waals surface area contributed by atoms with Gasteiger partial charge in [-0.05, 0) is 23.6 Å². The Kier molecular flexibility index (Phi) is 2.64. The van der Waals surface area contributed by atoms with Crippen molar-refractivity contribution in [2.45, 2.75) is 6.92 Å². The summed E-state index contributed by atoms with van der Waals surface area (Å²) in [6.45, 7) is 2.09. The normalized spacial score (nSPS) is 9.93. The quantitative estimate of drug-likeness (QED) is 0.707. The Bertz CT molecular complexity index is 452. The number of hydrogen-bond donors (Lipinski definition) is 1. The average molecular weight is 195 g/mol. The molecule has 1 nitrogen and oxygen atoms in total. The van der Waals surface area contributed by atoms with E-state index in [9.17, 15) is 0 Å². The summed E-state index contributed by atoms with van der Waals surface area (Å²) in [7, 11) is 0. The van der Waals surface area contributed by atoms with Gasteiger partial charge < -0.3 is 5.41 Å². The Morgan fingerprint density at radius 1 is 0.800 bits per heavy atom. The SMILES string of the molecule is Cc1ccc(-c2ccc(C=N)cc2)cc1. The zero-order chi connectivity index (χ0) is 10.7. The molecule has 0 aliphatic rings. The van der Waals surface area contributed by atoms with Crippen LogP contribution in [-0.4, -0.2) is 6.21 Å². The summed E-state index contributed by atoms with van der Waals surface area (Å²) in [5, 5.41) is 7.12. The molecule has 0 aliphatic heterocycles. The molecule has 74 valence electrons. The van der Waals surface area contributed by atoms with E-state index < -0.39 is 0 Å². The second kappa shape index (κ2) is 4.09. The molecule has 0 heterocycles. The first-order chi connectivity index (χ1) is 7.29. The molecule has 0 atom stereocenters. The van der Waals surface area contributed by atoms with Gasteiger partial charge in [0.15, 0.2) is 0 Å². The van der Waals surface area contributed by atoms with E-state index in [4.69, 9.17) is 5.41 Å². The van der Waals surface area contributed by atoms with Gasteiger partial charge in [-0.3, -0.25) is 0 Å². The Balaban J connectivity index is 2.37. The van der Waals surface area contributed by atoms with Crippen LogP contribution in [0.5, 0.6) is 0 Å². The fraction of sp³-hybridized carbons (Fsp3) is 0.0714. The molecule has 0 saturated carbocycles. The lowest BCUT2D eigenvalue weighted by molar-refractivity contribution is 1.47. The Morgan fingerprint density at radius 3 is 1.73 bits per heavy atom. The third-order valence-electron chi connectivity index (χ3n) is 2.46. The summed E-state index contributed by atoms with van der Waals surface area (Å²) in [5.41, 5.74) is 4.62. The van der Waals surface area contributed by atoms with Gasteiger partial charge in [-0.1, -0.05) is 54.1 Å². The summed E-state index contributed by atoms with van der Waals surface area (Å²) in [6.07, 6.45) is 1.36. The standard InChI is InChI=1S/C14H13N/c1-11-2-6-13(7-3-11)14-8-4-12(10-15)5-9-14/h2-10,15H,1H3. The second-order valence-corrected chi connectivity index (χ2v) is 3.63. The highest BCUT2D eigenvalue weighted by Gasteiger charge is 1.96. The van der Waals surface area contributed by atoms with Crippen LogP contribution in [0, 0.1) is 12.3 Å². The molecule has 0 amide bonds. The predicted octanol–water partition coefficient (Wildman–Crippen LogP) is 3.66. The first-order valence-electron chi connectivity index (χ1n) is 4.97. The molecule has 1 heteroatoms. The monoisotopic (exact) mass is 195 g/mol. The van der Waals surface area contributed by atoms with Crippen LogP contribution >= 0.6 is 0 Å². The lowest BCUT2D eigenvalue weighted by Crippen LogP contribution is -1.81. The molecule has 0 spiro atoms. The molecule has 0 radical (unpaired) electrons. The van der Waals surface area contributed by atoms with Crippen molar-refractivity contribution < 1.29 is 0 Å². The lowest BCUT2D eigenvalue weighted by Gasteiger charge is -2.02. The third kappa shape index (κ3) is 2.13. The minimum Gasteiger partial charge on any atom is -0.308 e. The van der Waals surface area contributed by atoms with Crippen molar-refractivity contribution in [3.63, 3.8) is 0 Å². The van der Waals surface area contributed by atoms with E-state index in [2.05, 4.69) is 31.2 Å². The van der Waals surface area contributed by atoms with Gasteiger partial charge >= 0.3 is 0 Å². The summed E-state index contributed by atoms with van der Waals surface area (Å²) in [4.78, 5) is 0. The Labute approximate surface area is 89.9 Å². The molecule has 1 N–H and O–H groups in total. The van der Waals surface area contributed by atoms with Gasteiger partial charge in [0, 0.05) is 6.21 Å². The van der Waals surface area contributed by atoms with Gasteiger partial charge in [-0.25, -0.2) is 0 Å². The van der Waals surface area contributed by atoms with Gasteiger partial charge in [0.1, 0.15) is 0 Å². The number of hydrogen-bond acceptors (Lipinski definition) is 1. The number of aryl methyl sites for hydroxylation is 1. The predicted molar refractivity (Wildman–Crippen MR) is 64.5 cm³/mol. The van der Waals surface area contributed by atoms with Crippen LogP contribution in [0.15, 0.2) is 48.5 Å². The summed E-state index contributed by atoms with van der Waals surface area (Å²) >= 11 is 0. The first-order valence-corrected chi connectivity index (χ1v) is 4.97. The van der Waals surface area contributed by atoms with E-state index in [-0.39, 0.29) is 0 Å². The van der Waals surface area contributed by atoms with Crippen LogP contribution in [0.3, 0.4) is 0 Å². The maximum Gasteiger partial charge on any atom is 0.0250 e. The highest BCUT2D eigenvalue weighted by Crippen LogP contribution is 2.19. The van der Waals surface area contributed by atoms with Crippen LogP contribution in [0.1, 0.15) is 11.1 Å². The van der Waals surface area contributed by atoms with Crippen molar-refractivity contribution in [2.24, 2.45) is 0 Å². The number of nitrogens with one attached hydrogen (secondary N) is 1. The molecule has 0 fully saturated rings. The number of rotatable bonds is 2. The van der Waals surface area contributed by atoms with Crippen LogP contribution < -0.4 is 0 Å². The first kappa shape index (κ1) is 9.66. The molecule has 15 heavy (non-hydrogen) atoms. The molecular weight excluding hydrogens is 182 g/mol. The molecule has 0 aliphatic carbocycles. The minimum absolute atomic E-state index is 0.936. The van der Waals surface area contributed by atoms with Crippen LogP contribution in [-0.2, 0) is 0 Å². The van der Waals surface area contributed by atoms with Crippen LogP contribution in [0.2, 0.25) is 0 Å². The van der Waals surface area contributed by atoms with Gasteiger partial charge in [-0.15, -0.1) is 0 Å². The van der Waals surface area contributed by atoms with Crippen molar-refractivity contribution in [1.82, 2.24) is 0 Å². The van der Waals surface area contributed by atoms with E-state index in [1.54, 1.807) is 0 Å². The van der Waals surface area contributed by atoms with Gasteiger partial charge in [-0.2, -0.15) is 0 Å². The maximum absolute atomic E-state index is 7.12. The van der Waals surface area contributed by atoms with Crippen molar-refractivity contribution >= 4 is 6.21 Å². The van der Waals surface area contributed by atoms with Crippen LogP contribution in [0.25, 0.3) is 11.1 Å². The topological polar surface area (TPSA) is 23.9 Å². The molecular formula is C14H13N. The second-order valence-electron chi connectivity index (χ2n) is 3.63. The van der Waals surface area contributed by atoms with Crippen molar-refractivity contribution in [2.75, 3.05) is 0 Å². The van der Waals surface area contributed by atoms with E-state index in [1.165, 1.54) is 22.9 Å². The number of benzene rings is 2. The van der Waals surface area contributed by atoms with Gasteiger partial charge in [0.05, 0.1) is 0 Å². The summed E-state index contributed by atoms with van der Waals surface area (Å²) < 4.78 is 0. The molecule has 2 aromatic rings. The largest absolute Gasteiger partial charge is 0.308 e. The molecule has 2 aromatic carbocycles. The molecule has 0 unspecified atom stereocenters.